The van der Waals surface area contributed by atoms with Gasteiger partial charge in [-0.15, -0.1) is 9.36 Å². The van der Waals surface area contributed by atoms with Gasteiger partial charge in [-0.25, -0.2) is 4.98 Å². The van der Waals surface area contributed by atoms with Crippen LogP contribution in [0.1, 0.15) is 55.9 Å². The molecular weight excluding hydrogens is 308 g/mol. The molecule has 0 atom stereocenters. The lowest BCUT2D eigenvalue weighted by atomic mass is 9.59. The monoisotopic (exact) mass is 333 g/mol. The minimum atomic E-state index is 0.00562. The van der Waals surface area contributed by atoms with E-state index in [2.05, 4.69) is 85.1 Å². The molecule has 0 spiro atoms. The maximum absolute atomic E-state index is 4.58. The van der Waals surface area contributed by atoms with Gasteiger partial charge in [0.05, 0.1) is 11.4 Å². The molecule has 0 amide bonds. The van der Waals surface area contributed by atoms with E-state index in [-0.39, 0.29) is 10.8 Å². The van der Waals surface area contributed by atoms with Crippen LogP contribution in [0.25, 0.3) is 11.4 Å². The third-order valence-electron chi connectivity index (χ3n) is 6.88. The van der Waals surface area contributed by atoms with Crippen molar-refractivity contribution >= 4 is 0 Å². The fourth-order valence-electron chi connectivity index (χ4n) is 4.85. The van der Waals surface area contributed by atoms with E-state index in [1.165, 1.54) is 33.8 Å². The van der Waals surface area contributed by atoms with Crippen molar-refractivity contribution in [2.75, 3.05) is 0 Å². The first-order chi connectivity index (χ1) is 11.7. The summed E-state index contributed by atoms with van der Waals surface area (Å²) in [5.41, 5.74) is 8.29. The molecule has 0 aliphatic carbocycles. The quantitative estimate of drug-likeness (QED) is 0.454. The van der Waals surface area contributed by atoms with Crippen LogP contribution in [-0.4, -0.2) is 14.2 Å². The third kappa shape index (κ3) is 1.54. The minimum Gasteiger partial charge on any atom is -0.303 e. The number of aryl methyl sites for hydroxylation is 2. The first-order valence-electron chi connectivity index (χ1n) is 9.03. The fourth-order valence-corrected chi connectivity index (χ4v) is 4.85. The van der Waals surface area contributed by atoms with Gasteiger partial charge >= 0.3 is 0 Å². The minimum absolute atomic E-state index is 0.00562. The molecule has 0 unspecified atom stereocenters. The van der Waals surface area contributed by atoms with E-state index in [1.54, 1.807) is 0 Å². The standard InChI is InChI=1S/C21H25N4/c1-13-11-14-12-16-22-8-10-24(16)19(14)17-18(13)25-15(7-9-23(25)6)20(2,3)21(17,4)5/h7-11H,12H2,1-6H3/q+1. The van der Waals surface area contributed by atoms with Crippen LogP contribution in [0.4, 0.5) is 0 Å². The molecule has 4 heterocycles. The van der Waals surface area contributed by atoms with Crippen molar-refractivity contribution < 1.29 is 4.68 Å². The molecule has 0 fully saturated rings. The Labute approximate surface area is 148 Å². The summed E-state index contributed by atoms with van der Waals surface area (Å²) in [6.07, 6.45) is 7.15. The number of fused-ring (bicyclic) bond motifs is 7. The maximum atomic E-state index is 4.58. The number of aromatic nitrogens is 4. The second-order valence-corrected chi connectivity index (χ2v) is 8.65. The maximum Gasteiger partial charge on any atom is 0.196 e. The van der Waals surface area contributed by atoms with Crippen molar-refractivity contribution in [1.82, 2.24) is 14.2 Å². The molecule has 25 heavy (non-hydrogen) atoms. The van der Waals surface area contributed by atoms with Crippen LogP contribution in [0.5, 0.6) is 0 Å². The Hall–Kier alpha value is -2.36. The van der Waals surface area contributed by atoms with Crippen molar-refractivity contribution in [3.63, 3.8) is 0 Å². The summed E-state index contributed by atoms with van der Waals surface area (Å²) >= 11 is 0. The van der Waals surface area contributed by atoms with Crippen molar-refractivity contribution in [2.45, 2.75) is 51.9 Å². The van der Waals surface area contributed by atoms with Gasteiger partial charge in [0.1, 0.15) is 11.5 Å². The molecule has 0 bridgehead atoms. The zero-order valence-corrected chi connectivity index (χ0v) is 15.9. The van der Waals surface area contributed by atoms with Crippen LogP contribution in [0.15, 0.2) is 30.7 Å². The van der Waals surface area contributed by atoms with E-state index in [1.807, 2.05) is 6.20 Å². The molecule has 3 aromatic rings. The summed E-state index contributed by atoms with van der Waals surface area (Å²) < 4.78 is 6.93. The summed E-state index contributed by atoms with van der Waals surface area (Å²) in [7, 11) is 2.14. The molecule has 0 saturated heterocycles. The van der Waals surface area contributed by atoms with Gasteiger partial charge in [-0.05, 0) is 18.1 Å². The molecule has 2 aliphatic heterocycles. The topological polar surface area (TPSA) is 26.6 Å². The Kier molecular flexibility index (Phi) is 2.53. The van der Waals surface area contributed by atoms with Gasteiger partial charge in [-0.1, -0.05) is 33.8 Å². The highest BCUT2D eigenvalue weighted by atomic mass is 15.4. The lowest BCUT2D eigenvalue weighted by Gasteiger charge is -2.47. The Balaban J connectivity index is 2.00. The lowest BCUT2D eigenvalue weighted by molar-refractivity contribution is -0.745. The zero-order valence-electron chi connectivity index (χ0n) is 15.9. The molecule has 2 aliphatic rings. The van der Waals surface area contributed by atoms with Gasteiger partial charge in [-0.3, -0.25) is 0 Å². The Morgan fingerprint density at radius 1 is 1.12 bits per heavy atom. The van der Waals surface area contributed by atoms with Crippen molar-refractivity contribution in [2.24, 2.45) is 7.05 Å². The molecule has 0 saturated carbocycles. The second-order valence-electron chi connectivity index (χ2n) is 8.65. The zero-order chi connectivity index (χ0) is 17.7. The molecular formula is C21H25N4+. The van der Waals surface area contributed by atoms with Crippen molar-refractivity contribution in [1.29, 1.82) is 0 Å². The molecule has 5 rings (SSSR count). The average molecular weight is 333 g/mol. The summed E-state index contributed by atoms with van der Waals surface area (Å²) in [5.74, 6) is 1.15. The average Bonchev–Trinajstić information content (AvgIpc) is 3.19. The summed E-state index contributed by atoms with van der Waals surface area (Å²) in [6.45, 7) is 11.8. The van der Waals surface area contributed by atoms with E-state index >= 15 is 0 Å². The van der Waals surface area contributed by atoms with Gasteiger partial charge in [0.2, 0.25) is 0 Å². The molecule has 128 valence electrons. The normalized spacial score (nSPS) is 18.5. The summed E-state index contributed by atoms with van der Waals surface area (Å²) in [6, 6.07) is 4.64. The van der Waals surface area contributed by atoms with Gasteiger partial charge in [0.25, 0.3) is 0 Å². The molecule has 1 aromatic carbocycles. The molecule has 4 nitrogen and oxygen atoms in total. The number of rotatable bonds is 0. The van der Waals surface area contributed by atoms with Gasteiger partial charge < -0.3 is 4.57 Å². The first-order valence-corrected chi connectivity index (χ1v) is 9.03. The van der Waals surface area contributed by atoms with E-state index in [0.717, 1.165) is 12.2 Å². The highest BCUT2D eigenvalue weighted by molar-refractivity contribution is 5.69. The van der Waals surface area contributed by atoms with Crippen LogP contribution >= 0.6 is 0 Å². The molecule has 0 radical (unpaired) electrons. The summed E-state index contributed by atoms with van der Waals surface area (Å²) in [5, 5.41) is 0. The number of benzene rings is 1. The first kappa shape index (κ1) is 14.9. The Bertz CT molecular complexity index is 1050. The van der Waals surface area contributed by atoms with Crippen LogP contribution < -0.4 is 4.68 Å². The molecule has 2 aromatic heterocycles. The van der Waals surface area contributed by atoms with Crippen molar-refractivity contribution in [3.05, 3.63) is 58.9 Å². The van der Waals surface area contributed by atoms with Crippen LogP contribution in [0.2, 0.25) is 0 Å². The van der Waals surface area contributed by atoms with E-state index in [0.29, 0.717) is 0 Å². The predicted octanol–water partition coefficient (Wildman–Crippen LogP) is 3.27. The molecule has 4 heteroatoms. The summed E-state index contributed by atoms with van der Waals surface area (Å²) in [4.78, 5) is 4.58. The van der Waals surface area contributed by atoms with E-state index in [4.69, 9.17) is 0 Å². The highest BCUT2D eigenvalue weighted by Gasteiger charge is 2.51. The number of hydrogen-bond donors (Lipinski definition) is 0. The Morgan fingerprint density at radius 3 is 2.64 bits per heavy atom. The van der Waals surface area contributed by atoms with Crippen LogP contribution in [0.3, 0.4) is 0 Å². The second kappa shape index (κ2) is 4.24. The largest absolute Gasteiger partial charge is 0.303 e. The van der Waals surface area contributed by atoms with Crippen LogP contribution in [0, 0.1) is 6.92 Å². The van der Waals surface area contributed by atoms with E-state index < -0.39 is 0 Å². The fraction of sp³-hybridized carbons (Fsp3) is 0.429. The lowest BCUT2D eigenvalue weighted by Crippen LogP contribution is -2.51. The smallest absolute Gasteiger partial charge is 0.196 e. The van der Waals surface area contributed by atoms with E-state index in [9.17, 15) is 0 Å². The number of hydrogen-bond acceptors (Lipinski definition) is 1. The van der Waals surface area contributed by atoms with Crippen molar-refractivity contribution in [3.8, 4) is 11.4 Å². The number of nitrogens with zero attached hydrogens (tertiary/aromatic N) is 4. The number of imidazole rings is 1. The SMILES string of the molecule is Cc1cc2c(c3c1-n1c(cc[n+]1C)C(C)(C)C3(C)C)-n1ccnc1C2. The predicted molar refractivity (Wildman–Crippen MR) is 97.7 cm³/mol. The third-order valence-corrected chi connectivity index (χ3v) is 6.88. The van der Waals surface area contributed by atoms with Gasteiger partial charge in [0.15, 0.2) is 13.2 Å². The molecule has 0 N–H and O–H groups in total. The highest BCUT2D eigenvalue weighted by Crippen LogP contribution is 2.53. The van der Waals surface area contributed by atoms with Gasteiger partial charge in [0, 0.05) is 41.3 Å². The van der Waals surface area contributed by atoms with Gasteiger partial charge in [-0.2, -0.15) is 0 Å². The Morgan fingerprint density at radius 2 is 1.88 bits per heavy atom. The van der Waals surface area contributed by atoms with Crippen LogP contribution in [-0.2, 0) is 24.3 Å².